The van der Waals surface area contributed by atoms with Gasteiger partial charge in [-0.2, -0.15) is 0 Å². The standard InChI is InChI=1S/C22H35N3O4/c1-16-13-19(17(2)25(16)10-12-28-4)21(27)24-8-6-22(7-9-24)15-18(5-11-29-22)14-20(26)23-3/h13,18H,5-12,14-15H2,1-4H3,(H,23,26). The number of piperidine rings is 1. The van der Waals surface area contributed by atoms with Crippen molar-refractivity contribution in [2.45, 2.75) is 58.1 Å². The minimum atomic E-state index is -0.178. The minimum absolute atomic E-state index is 0.100. The molecule has 3 heterocycles. The summed E-state index contributed by atoms with van der Waals surface area (Å²) in [6.07, 6.45) is 4.09. The van der Waals surface area contributed by atoms with Crippen LogP contribution in [0.4, 0.5) is 0 Å². The zero-order valence-electron chi connectivity index (χ0n) is 18.3. The number of methoxy groups -OCH3 is 1. The van der Waals surface area contributed by atoms with Crippen molar-refractivity contribution in [1.82, 2.24) is 14.8 Å². The second-order valence-electron chi connectivity index (χ2n) is 8.49. The van der Waals surface area contributed by atoms with Gasteiger partial charge in [0, 0.05) is 58.2 Å². The van der Waals surface area contributed by atoms with E-state index in [4.69, 9.17) is 9.47 Å². The molecule has 0 bridgehead atoms. The molecule has 2 amide bonds. The molecule has 1 aromatic rings. The molecule has 2 aliphatic rings. The van der Waals surface area contributed by atoms with Crippen molar-refractivity contribution in [3.05, 3.63) is 23.0 Å². The summed E-state index contributed by atoms with van der Waals surface area (Å²) in [6, 6.07) is 1.99. The largest absolute Gasteiger partial charge is 0.383 e. The van der Waals surface area contributed by atoms with Gasteiger partial charge in [-0.1, -0.05) is 0 Å². The van der Waals surface area contributed by atoms with E-state index in [0.717, 1.165) is 49.2 Å². The summed E-state index contributed by atoms with van der Waals surface area (Å²) < 4.78 is 13.5. The average Bonchev–Trinajstić information content (AvgIpc) is 3.00. The van der Waals surface area contributed by atoms with Gasteiger partial charge in [0.15, 0.2) is 0 Å². The first-order valence-electron chi connectivity index (χ1n) is 10.7. The third-order valence-electron chi connectivity index (χ3n) is 6.63. The Morgan fingerprint density at radius 3 is 2.69 bits per heavy atom. The predicted octanol–water partition coefficient (Wildman–Crippen LogP) is 2.29. The Morgan fingerprint density at radius 1 is 1.31 bits per heavy atom. The van der Waals surface area contributed by atoms with Crippen molar-refractivity contribution < 1.29 is 19.1 Å². The normalized spacial score (nSPS) is 21.4. The van der Waals surface area contributed by atoms with Crippen LogP contribution in [-0.2, 0) is 20.8 Å². The van der Waals surface area contributed by atoms with E-state index >= 15 is 0 Å². The maximum absolute atomic E-state index is 13.2. The van der Waals surface area contributed by atoms with E-state index in [0.29, 0.717) is 38.6 Å². The Balaban J connectivity index is 1.62. The molecule has 1 aromatic heterocycles. The molecular weight excluding hydrogens is 370 g/mol. The number of aryl methyl sites for hydroxylation is 1. The number of carbonyl (C=O) groups excluding carboxylic acids is 2. The molecule has 162 valence electrons. The van der Waals surface area contributed by atoms with Gasteiger partial charge in [0.2, 0.25) is 5.91 Å². The Hall–Kier alpha value is -1.86. The van der Waals surface area contributed by atoms with E-state index in [1.165, 1.54) is 0 Å². The first-order valence-corrected chi connectivity index (χ1v) is 10.7. The number of carbonyl (C=O) groups is 2. The van der Waals surface area contributed by atoms with Gasteiger partial charge in [-0.25, -0.2) is 0 Å². The van der Waals surface area contributed by atoms with Crippen LogP contribution in [0, 0.1) is 19.8 Å². The van der Waals surface area contributed by atoms with Gasteiger partial charge >= 0.3 is 0 Å². The summed E-state index contributed by atoms with van der Waals surface area (Å²) in [5.41, 5.74) is 2.70. The molecule has 3 rings (SSSR count). The van der Waals surface area contributed by atoms with Crippen LogP contribution < -0.4 is 5.32 Å². The number of likely N-dealkylation sites (tertiary alicyclic amines) is 1. The highest BCUT2D eigenvalue weighted by molar-refractivity contribution is 5.95. The number of nitrogens with zero attached hydrogens (tertiary/aromatic N) is 2. The van der Waals surface area contributed by atoms with Crippen LogP contribution in [0.1, 0.15) is 53.8 Å². The maximum atomic E-state index is 13.2. The predicted molar refractivity (Wildman–Crippen MR) is 111 cm³/mol. The molecular formula is C22H35N3O4. The van der Waals surface area contributed by atoms with Gasteiger partial charge in [0.25, 0.3) is 5.91 Å². The highest BCUT2D eigenvalue weighted by Crippen LogP contribution is 2.39. The Labute approximate surface area is 173 Å². The third kappa shape index (κ3) is 4.83. The van der Waals surface area contributed by atoms with Crippen molar-refractivity contribution in [3.63, 3.8) is 0 Å². The summed E-state index contributed by atoms with van der Waals surface area (Å²) in [4.78, 5) is 26.9. The summed E-state index contributed by atoms with van der Waals surface area (Å²) in [5.74, 6) is 0.573. The molecule has 2 fully saturated rings. The molecule has 2 saturated heterocycles. The zero-order valence-corrected chi connectivity index (χ0v) is 18.3. The number of hydrogen-bond acceptors (Lipinski definition) is 4. The molecule has 7 nitrogen and oxygen atoms in total. The Kier molecular flexibility index (Phi) is 7.01. The fourth-order valence-corrected chi connectivity index (χ4v) is 4.85. The number of hydrogen-bond donors (Lipinski definition) is 1. The van der Waals surface area contributed by atoms with Gasteiger partial charge < -0.3 is 24.3 Å². The van der Waals surface area contributed by atoms with E-state index in [1.54, 1.807) is 14.2 Å². The van der Waals surface area contributed by atoms with E-state index in [1.807, 2.05) is 24.8 Å². The average molecular weight is 406 g/mol. The topological polar surface area (TPSA) is 72.8 Å². The minimum Gasteiger partial charge on any atom is -0.383 e. The van der Waals surface area contributed by atoms with E-state index in [2.05, 4.69) is 9.88 Å². The van der Waals surface area contributed by atoms with Gasteiger partial charge in [0.1, 0.15) is 0 Å². The van der Waals surface area contributed by atoms with Crippen LogP contribution in [0.5, 0.6) is 0 Å². The van der Waals surface area contributed by atoms with E-state index < -0.39 is 0 Å². The van der Waals surface area contributed by atoms with Gasteiger partial charge in [0.05, 0.1) is 17.8 Å². The van der Waals surface area contributed by atoms with E-state index in [-0.39, 0.29) is 17.4 Å². The van der Waals surface area contributed by atoms with E-state index in [9.17, 15) is 9.59 Å². The van der Waals surface area contributed by atoms with Crippen LogP contribution in [0.15, 0.2) is 6.07 Å². The van der Waals surface area contributed by atoms with Crippen LogP contribution in [0.25, 0.3) is 0 Å². The summed E-state index contributed by atoms with van der Waals surface area (Å²) >= 11 is 0. The monoisotopic (exact) mass is 405 g/mol. The maximum Gasteiger partial charge on any atom is 0.255 e. The molecule has 7 heteroatoms. The lowest BCUT2D eigenvalue weighted by Gasteiger charge is -2.46. The Bertz CT molecular complexity index is 735. The number of ether oxygens (including phenoxy) is 2. The van der Waals surface area contributed by atoms with Crippen molar-refractivity contribution in [3.8, 4) is 0 Å². The highest BCUT2D eigenvalue weighted by Gasteiger charge is 2.41. The van der Waals surface area contributed by atoms with Crippen LogP contribution in [0.3, 0.4) is 0 Å². The quantitative estimate of drug-likeness (QED) is 0.788. The highest BCUT2D eigenvalue weighted by atomic mass is 16.5. The molecule has 0 radical (unpaired) electrons. The molecule has 1 atom stereocenters. The molecule has 29 heavy (non-hydrogen) atoms. The van der Waals surface area contributed by atoms with Crippen LogP contribution in [-0.4, -0.2) is 67.3 Å². The summed E-state index contributed by atoms with van der Waals surface area (Å²) in [5, 5.41) is 2.73. The molecule has 1 spiro atoms. The molecule has 0 aliphatic carbocycles. The fourth-order valence-electron chi connectivity index (χ4n) is 4.85. The second kappa shape index (κ2) is 9.30. The van der Waals surface area contributed by atoms with Gasteiger partial charge in [-0.05, 0) is 51.5 Å². The van der Waals surface area contributed by atoms with Crippen LogP contribution >= 0.6 is 0 Å². The molecule has 0 aromatic carbocycles. The van der Waals surface area contributed by atoms with Crippen molar-refractivity contribution >= 4 is 11.8 Å². The lowest BCUT2D eigenvalue weighted by molar-refractivity contribution is -0.133. The summed E-state index contributed by atoms with van der Waals surface area (Å²) in [6.45, 7) is 7.54. The SMILES string of the molecule is CNC(=O)CC1CCOC2(CCN(C(=O)c3cc(C)n(CCOC)c3C)CC2)C1. The lowest BCUT2D eigenvalue weighted by atomic mass is 9.78. The molecule has 1 N–H and O–H groups in total. The first-order chi connectivity index (χ1) is 13.9. The molecule has 2 aliphatic heterocycles. The zero-order chi connectivity index (χ0) is 21.0. The number of rotatable bonds is 6. The van der Waals surface area contributed by atoms with Gasteiger partial charge in [-0.3, -0.25) is 9.59 Å². The first kappa shape index (κ1) is 21.8. The van der Waals surface area contributed by atoms with Crippen molar-refractivity contribution in [1.29, 1.82) is 0 Å². The Morgan fingerprint density at radius 2 is 2.03 bits per heavy atom. The number of aromatic nitrogens is 1. The molecule has 0 saturated carbocycles. The van der Waals surface area contributed by atoms with Crippen molar-refractivity contribution in [2.75, 3.05) is 40.5 Å². The van der Waals surface area contributed by atoms with Crippen molar-refractivity contribution in [2.24, 2.45) is 5.92 Å². The van der Waals surface area contributed by atoms with Crippen LogP contribution in [0.2, 0.25) is 0 Å². The third-order valence-corrected chi connectivity index (χ3v) is 6.63. The smallest absolute Gasteiger partial charge is 0.255 e. The summed E-state index contributed by atoms with van der Waals surface area (Å²) in [7, 11) is 3.38. The fraction of sp³-hybridized carbons (Fsp3) is 0.727. The van der Waals surface area contributed by atoms with Gasteiger partial charge in [-0.15, -0.1) is 0 Å². The molecule has 1 unspecified atom stereocenters. The number of nitrogens with one attached hydrogen (secondary N) is 1. The second-order valence-corrected chi connectivity index (χ2v) is 8.49. The number of amides is 2. The lowest BCUT2D eigenvalue weighted by Crippen LogP contribution is -2.51.